The smallest absolute Gasteiger partial charge is 0.354 e. The van der Waals surface area contributed by atoms with Crippen molar-refractivity contribution >= 4 is 35.1 Å². The van der Waals surface area contributed by atoms with E-state index < -0.39 is 11.7 Å². The molecule has 31 heavy (non-hydrogen) atoms. The lowest BCUT2D eigenvalue weighted by molar-refractivity contribution is -0.137. The van der Waals surface area contributed by atoms with Crippen LogP contribution in [0.2, 0.25) is 5.15 Å². The Morgan fingerprint density at radius 3 is 2.61 bits per heavy atom. The Hall–Kier alpha value is -2.04. The molecule has 0 spiro atoms. The fourth-order valence-corrected chi connectivity index (χ4v) is 4.06. The van der Waals surface area contributed by atoms with Crippen molar-refractivity contribution in [2.75, 3.05) is 43.4 Å². The van der Waals surface area contributed by atoms with Gasteiger partial charge in [-0.25, -0.2) is 9.97 Å². The van der Waals surface area contributed by atoms with Crippen molar-refractivity contribution in [3.05, 3.63) is 46.6 Å². The van der Waals surface area contributed by atoms with Crippen LogP contribution < -0.4 is 10.2 Å². The molecule has 2 aromatic rings. The third-order valence-electron chi connectivity index (χ3n) is 4.88. The first-order valence-corrected chi connectivity index (χ1v) is 11.2. The van der Waals surface area contributed by atoms with Crippen LogP contribution in [0.4, 0.5) is 19.0 Å². The lowest BCUT2D eigenvalue weighted by Crippen LogP contribution is -2.46. The van der Waals surface area contributed by atoms with Gasteiger partial charge in [0.1, 0.15) is 11.0 Å². The zero-order valence-electron chi connectivity index (χ0n) is 17.0. The third-order valence-corrected chi connectivity index (χ3v) is 5.92. The Bertz CT molecular complexity index is 907. The summed E-state index contributed by atoms with van der Waals surface area (Å²) in [5, 5.41) is 3.30. The minimum absolute atomic E-state index is 0.00662. The van der Waals surface area contributed by atoms with Crippen molar-refractivity contribution in [2.24, 2.45) is 0 Å². The van der Waals surface area contributed by atoms with E-state index in [1.54, 1.807) is 6.07 Å². The predicted molar refractivity (Wildman–Crippen MR) is 115 cm³/mol. The molecule has 0 unspecified atom stereocenters. The standard InChI is InChI=1S/C20H23ClF3N5OS/c1-2-28-6-8-29(9-7-28)17-11-16(21)26-19(27-17)31-13-18(30)25-12-14-4-3-5-15(10-14)20(22,23)24/h3-5,10-11H,2,6-9,12-13H2,1H3,(H,25,30). The minimum atomic E-state index is -4.42. The van der Waals surface area contributed by atoms with Crippen molar-refractivity contribution in [3.8, 4) is 0 Å². The average Bonchev–Trinajstić information content (AvgIpc) is 2.75. The summed E-state index contributed by atoms with van der Waals surface area (Å²) in [7, 11) is 0. The van der Waals surface area contributed by atoms with Crippen molar-refractivity contribution in [1.82, 2.24) is 20.2 Å². The Kier molecular flexibility index (Phi) is 8.01. The zero-order valence-corrected chi connectivity index (χ0v) is 18.5. The van der Waals surface area contributed by atoms with Gasteiger partial charge in [-0.05, 0) is 24.2 Å². The second-order valence-corrected chi connectivity index (χ2v) is 8.35. The van der Waals surface area contributed by atoms with Crippen LogP contribution >= 0.6 is 23.4 Å². The largest absolute Gasteiger partial charge is 0.416 e. The number of alkyl halides is 3. The van der Waals surface area contributed by atoms with Gasteiger partial charge in [0.15, 0.2) is 5.16 Å². The molecule has 1 amide bonds. The Balaban J connectivity index is 1.53. The van der Waals surface area contributed by atoms with E-state index in [0.717, 1.165) is 62.4 Å². The molecule has 168 valence electrons. The second kappa shape index (κ2) is 10.5. The summed E-state index contributed by atoms with van der Waals surface area (Å²) in [6.07, 6.45) is -4.42. The molecule has 1 aromatic heterocycles. The number of hydrogen-bond acceptors (Lipinski definition) is 6. The van der Waals surface area contributed by atoms with Crippen molar-refractivity contribution in [2.45, 2.75) is 24.8 Å². The van der Waals surface area contributed by atoms with Gasteiger partial charge in [-0.3, -0.25) is 4.79 Å². The zero-order chi connectivity index (χ0) is 22.4. The summed E-state index contributed by atoms with van der Waals surface area (Å²) in [5.74, 6) is 0.425. The quantitative estimate of drug-likeness (QED) is 0.376. The summed E-state index contributed by atoms with van der Waals surface area (Å²) < 4.78 is 38.4. The fraction of sp³-hybridized carbons (Fsp3) is 0.450. The molecule has 1 aliphatic heterocycles. The lowest BCUT2D eigenvalue weighted by Gasteiger charge is -2.34. The summed E-state index contributed by atoms with van der Waals surface area (Å²) in [5.41, 5.74) is -0.367. The van der Waals surface area contributed by atoms with Gasteiger partial charge in [0, 0.05) is 38.8 Å². The topological polar surface area (TPSA) is 61.4 Å². The number of likely N-dealkylation sites (N-methyl/N-ethyl adjacent to an activating group) is 1. The molecular formula is C20H23ClF3N5OS. The van der Waals surface area contributed by atoms with Crippen LogP contribution in [0.15, 0.2) is 35.5 Å². The van der Waals surface area contributed by atoms with E-state index >= 15 is 0 Å². The molecular weight excluding hydrogens is 451 g/mol. The molecule has 0 atom stereocenters. The Morgan fingerprint density at radius 2 is 1.94 bits per heavy atom. The monoisotopic (exact) mass is 473 g/mol. The first-order chi connectivity index (χ1) is 14.7. The number of amides is 1. The van der Waals surface area contributed by atoms with E-state index in [1.807, 2.05) is 0 Å². The van der Waals surface area contributed by atoms with Crippen LogP contribution in [0, 0.1) is 0 Å². The molecule has 1 fully saturated rings. The molecule has 0 aliphatic carbocycles. The van der Waals surface area contributed by atoms with Crippen LogP contribution in [0.3, 0.4) is 0 Å². The number of piperazine rings is 1. The SMILES string of the molecule is CCN1CCN(c2cc(Cl)nc(SCC(=O)NCc3cccc(C(F)(F)F)c3)n2)CC1. The highest BCUT2D eigenvalue weighted by atomic mass is 35.5. The predicted octanol–water partition coefficient (Wildman–Crippen LogP) is 3.70. The number of anilines is 1. The van der Waals surface area contributed by atoms with Gasteiger partial charge in [-0.15, -0.1) is 0 Å². The molecule has 1 N–H and O–H groups in total. The number of rotatable bonds is 7. The highest BCUT2D eigenvalue weighted by Crippen LogP contribution is 2.29. The van der Waals surface area contributed by atoms with Crippen LogP contribution in [0.5, 0.6) is 0 Å². The number of thioether (sulfide) groups is 1. The van der Waals surface area contributed by atoms with E-state index in [1.165, 1.54) is 12.1 Å². The lowest BCUT2D eigenvalue weighted by atomic mass is 10.1. The highest BCUT2D eigenvalue weighted by molar-refractivity contribution is 7.99. The van der Waals surface area contributed by atoms with Gasteiger partial charge < -0.3 is 15.1 Å². The van der Waals surface area contributed by atoms with E-state index in [-0.39, 0.29) is 18.2 Å². The molecule has 0 bridgehead atoms. The normalized spacial score (nSPS) is 15.2. The molecule has 6 nitrogen and oxygen atoms in total. The second-order valence-electron chi connectivity index (χ2n) is 7.02. The van der Waals surface area contributed by atoms with E-state index in [4.69, 9.17) is 11.6 Å². The first kappa shape index (κ1) is 23.6. The van der Waals surface area contributed by atoms with Gasteiger partial charge >= 0.3 is 6.18 Å². The summed E-state index contributed by atoms with van der Waals surface area (Å²) in [4.78, 5) is 25.3. The number of aromatic nitrogens is 2. The number of hydrogen-bond donors (Lipinski definition) is 1. The van der Waals surface area contributed by atoms with Gasteiger partial charge in [-0.2, -0.15) is 13.2 Å². The van der Waals surface area contributed by atoms with E-state index in [9.17, 15) is 18.0 Å². The van der Waals surface area contributed by atoms with Gasteiger partial charge in [0.25, 0.3) is 0 Å². The third kappa shape index (κ3) is 6.98. The molecule has 0 saturated carbocycles. The number of benzene rings is 1. The van der Waals surface area contributed by atoms with E-state index in [2.05, 4.69) is 32.0 Å². The number of nitrogens with one attached hydrogen (secondary N) is 1. The Morgan fingerprint density at radius 1 is 1.19 bits per heavy atom. The van der Waals surface area contributed by atoms with Crippen LogP contribution in [0.25, 0.3) is 0 Å². The molecule has 0 radical (unpaired) electrons. The maximum Gasteiger partial charge on any atom is 0.416 e. The van der Waals surface area contributed by atoms with Crippen molar-refractivity contribution in [3.63, 3.8) is 0 Å². The van der Waals surface area contributed by atoms with Gasteiger partial charge in [0.2, 0.25) is 5.91 Å². The minimum Gasteiger partial charge on any atom is -0.354 e. The van der Waals surface area contributed by atoms with Crippen LogP contribution in [-0.4, -0.2) is 59.3 Å². The van der Waals surface area contributed by atoms with Gasteiger partial charge in [0.05, 0.1) is 11.3 Å². The maximum absolute atomic E-state index is 12.8. The van der Waals surface area contributed by atoms with Crippen molar-refractivity contribution in [1.29, 1.82) is 0 Å². The molecule has 11 heteroatoms. The summed E-state index contributed by atoms with van der Waals surface area (Å²) in [6, 6.07) is 6.59. The fourth-order valence-electron chi connectivity index (χ4n) is 3.14. The molecule has 1 aliphatic rings. The highest BCUT2D eigenvalue weighted by Gasteiger charge is 2.30. The Labute approximate surface area is 188 Å². The maximum atomic E-state index is 12.8. The van der Waals surface area contributed by atoms with Gasteiger partial charge in [-0.1, -0.05) is 42.4 Å². The number of carbonyl (C=O) groups excluding carboxylic acids is 1. The molecule has 3 rings (SSSR count). The number of halogens is 4. The summed E-state index contributed by atoms with van der Waals surface area (Å²) in [6.45, 7) is 6.70. The molecule has 1 saturated heterocycles. The average molecular weight is 474 g/mol. The summed E-state index contributed by atoms with van der Waals surface area (Å²) >= 11 is 7.27. The number of carbonyl (C=O) groups is 1. The van der Waals surface area contributed by atoms with Crippen molar-refractivity contribution < 1.29 is 18.0 Å². The van der Waals surface area contributed by atoms with E-state index in [0.29, 0.717) is 15.9 Å². The van der Waals surface area contributed by atoms with Crippen LogP contribution in [-0.2, 0) is 17.5 Å². The van der Waals surface area contributed by atoms with Crippen LogP contribution in [0.1, 0.15) is 18.1 Å². The molecule has 2 heterocycles. The molecule has 1 aromatic carbocycles. The number of nitrogens with zero attached hydrogens (tertiary/aromatic N) is 4. The first-order valence-electron chi connectivity index (χ1n) is 9.82.